The molecule has 7 heteroatoms. The van der Waals surface area contributed by atoms with Crippen molar-refractivity contribution in [2.75, 3.05) is 0 Å². The van der Waals surface area contributed by atoms with E-state index in [-0.39, 0.29) is 11.9 Å². The molecule has 166 valence electrons. The minimum absolute atomic E-state index is 0.146. The molecule has 2 aromatic carbocycles. The molecule has 6 nitrogen and oxygen atoms in total. The van der Waals surface area contributed by atoms with Gasteiger partial charge in [0.1, 0.15) is 6.04 Å². The predicted octanol–water partition coefficient (Wildman–Crippen LogP) is 5.49. The quantitative estimate of drug-likeness (QED) is 0.408. The average molecular weight is 450 g/mol. The van der Waals surface area contributed by atoms with Crippen LogP contribution in [-0.2, 0) is 0 Å². The lowest BCUT2D eigenvalue weighted by Gasteiger charge is -2.38. The summed E-state index contributed by atoms with van der Waals surface area (Å²) in [6.07, 6.45) is 4.71. The van der Waals surface area contributed by atoms with E-state index in [2.05, 4.69) is 5.43 Å². The number of hydrogen-bond donors (Lipinski definition) is 2. The number of hydrogen-bond acceptors (Lipinski definition) is 4. The first kappa shape index (κ1) is 22.2. The van der Waals surface area contributed by atoms with Crippen LogP contribution in [0.2, 0.25) is 0 Å². The van der Waals surface area contributed by atoms with Crippen LogP contribution < -0.4 is 15.8 Å². The summed E-state index contributed by atoms with van der Waals surface area (Å²) in [6.45, 7) is 4.00. The van der Waals surface area contributed by atoms with E-state index in [1.165, 1.54) is 16.9 Å². The number of carbonyl (C=O) groups excluding carboxylic acids is 2. The van der Waals surface area contributed by atoms with Crippen molar-refractivity contribution in [3.8, 4) is 11.3 Å². The van der Waals surface area contributed by atoms with Crippen LogP contribution in [0.3, 0.4) is 0 Å². The summed E-state index contributed by atoms with van der Waals surface area (Å²) in [5.74, 6) is -0.332. The predicted molar refractivity (Wildman–Crippen MR) is 129 cm³/mol. The van der Waals surface area contributed by atoms with E-state index in [4.69, 9.17) is 10.7 Å². The summed E-state index contributed by atoms with van der Waals surface area (Å²) in [5.41, 5.74) is 13.5. The van der Waals surface area contributed by atoms with Crippen molar-refractivity contribution < 1.29 is 9.59 Å². The average Bonchev–Trinajstić information content (AvgIpc) is 3.29. The minimum atomic E-state index is -0.609. The fraction of sp³-hybridized carbons (Fsp3) is 0.320. The third kappa shape index (κ3) is 4.31. The Balaban J connectivity index is 1.76. The molecule has 0 bridgehead atoms. The van der Waals surface area contributed by atoms with E-state index >= 15 is 0 Å². The zero-order chi connectivity index (χ0) is 22.7. The smallest absolute Gasteiger partial charge is 0.316 e. The van der Waals surface area contributed by atoms with E-state index < -0.39 is 10.6 Å². The Morgan fingerprint density at radius 3 is 2.16 bits per heavy atom. The van der Waals surface area contributed by atoms with Crippen molar-refractivity contribution in [2.45, 2.75) is 52.0 Å². The minimum Gasteiger partial charge on any atom is -0.316 e. The number of amides is 3. The van der Waals surface area contributed by atoms with Gasteiger partial charge in [0.05, 0.1) is 5.69 Å². The van der Waals surface area contributed by atoms with Gasteiger partial charge in [-0.3, -0.25) is 4.79 Å². The lowest BCUT2D eigenvalue weighted by molar-refractivity contribution is 0.0743. The highest BCUT2D eigenvalue weighted by Gasteiger charge is 2.50. The van der Waals surface area contributed by atoms with Gasteiger partial charge >= 0.3 is 11.2 Å². The number of carbonyl (C=O) groups is 2. The summed E-state index contributed by atoms with van der Waals surface area (Å²) in [6, 6.07) is 14.6. The first-order valence-corrected chi connectivity index (χ1v) is 11.9. The van der Waals surface area contributed by atoms with Gasteiger partial charge in [-0.2, -0.15) is 10.4 Å². The van der Waals surface area contributed by atoms with Crippen LogP contribution >= 0.6 is 11.3 Å². The lowest BCUT2D eigenvalue weighted by Crippen LogP contribution is -2.72. The van der Waals surface area contributed by atoms with Crippen molar-refractivity contribution in [1.82, 2.24) is 15.0 Å². The molecule has 1 saturated carbocycles. The van der Waals surface area contributed by atoms with Crippen LogP contribution in [0.1, 0.15) is 53.6 Å². The molecule has 3 amide bonds. The normalized spacial score (nSPS) is 16.3. The van der Waals surface area contributed by atoms with Gasteiger partial charge in [0.15, 0.2) is 0 Å². The van der Waals surface area contributed by atoms with Crippen molar-refractivity contribution in [1.29, 1.82) is 0 Å². The fourth-order valence-corrected chi connectivity index (χ4v) is 5.31. The van der Waals surface area contributed by atoms with E-state index in [0.717, 1.165) is 48.9 Å². The van der Waals surface area contributed by atoms with Crippen LogP contribution in [0, 0.1) is 13.8 Å². The summed E-state index contributed by atoms with van der Waals surface area (Å²) in [4.78, 5) is 31.1. The molecule has 3 N–H and O–H groups in total. The number of primary amides is 1. The Labute approximate surface area is 192 Å². The number of rotatable bonds is 4. The van der Waals surface area contributed by atoms with E-state index in [9.17, 15) is 9.59 Å². The SMILES string of the molecule is Cc1ccc(C(=O)N[N+](C(N)=O)(c2nc(-c3ccc(C)cc3)cs2)C2CCCCC2)cc1. The molecule has 32 heavy (non-hydrogen) atoms. The summed E-state index contributed by atoms with van der Waals surface area (Å²) in [5, 5.41) is 2.43. The summed E-state index contributed by atoms with van der Waals surface area (Å²) in [7, 11) is 0. The molecule has 1 heterocycles. The number of nitrogens with zero attached hydrogens (tertiary/aromatic N) is 2. The molecule has 1 aliphatic carbocycles. The Morgan fingerprint density at radius 1 is 0.969 bits per heavy atom. The van der Waals surface area contributed by atoms with E-state index in [1.54, 1.807) is 12.1 Å². The molecule has 1 atom stereocenters. The number of nitrogens with one attached hydrogen (secondary N) is 1. The number of aryl methyl sites for hydroxylation is 2. The molecule has 4 rings (SSSR count). The maximum atomic E-state index is 13.2. The number of thiazole rings is 1. The third-order valence-electron chi connectivity index (χ3n) is 6.20. The van der Waals surface area contributed by atoms with Crippen LogP contribution in [-0.4, -0.2) is 23.0 Å². The maximum absolute atomic E-state index is 13.2. The number of benzene rings is 2. The van der Waals surface area contributed by atoms with E-state index in [0.29, 0.717) is 10.7 Å². The molecule has 3 aromatic rings. The van der Waals surface area contributed by atoms with Gasteiger partial charge in [-0.25, -0.2) is 4.79 Å². The number of aromatic nitrogens is 1. The maximum Gasteiger partial charge on any atom is 0.446 e. The fourth-order valence-electron chi connectivity index (χ4n) is 4.31. The molecular weight excluding hydrogens is 420 g/mol. The molecule has 1 fully saturated rings. The van der Waals surface area contributed by atoms with Crippen molar-refractivity contribution in [3.63, 3.8) is 0 Å². The van der Waals surface area contributed by atoms with Crippen molar-refractivity contribution in [2.24, 2.45) is 5.73 Å². The van der Waals surface area contributed by atoms with Crippen LogP contribution in [0.25, 0.3) is 11.3 Å². The molecule has 0 spiro atoms. The van der Waals surface area contributed by atoms with Crippen molar-refractivity contribution in [3.05, 3.63) is 70.6 Å². The molecule has 0 aliphatic heterocycles. The van der Waals surface area contributed by atoms with E-state index in [1.807, 2.05) is 55.6 Å². The van der Waals surface area contributed by atoms with Gasteiger partial charge in [0.2, 0.25) is 0 Å². The topological polar surface area (TPSA) is 85.1 Å². The van der Waals surface area contributed by atoms with Gasteiger partial charge < -0.3 is 5.73 Å². The van der Waals surface area contributed by atoms with Crippen LogP contribution in [0.5, 0.6) is 0 Å². The highest BCUT2D eigenvalue weighted by Crippen LogP contribution is 2.37. The van der Waals surface area contributed by atoms with Gasteiger partial charge in [-0.15, -0.1) is 0 Å². The van der Waals surface area contributed by atoms with Crippen molar-refractivity contribution >= 4 is 28.4 Å². The Bertz CT molecular complexity index is 1100. The molecule has 1 unspecified atom stereocenters. The monoisotopic (exact) mass is 449 g/mol. The number of urea groups is 1. The largest absolute Gasteiger partial charge is 0.446 e. The highest BCUT2D eigenvalue weighted by molar-refractivity contribution is 7.14. The molecular formula is C25H29N4O2S+. The van der Waals surface area contributed by atoms with Crippen LogP contribution in [0.15, 0.2) is 53.9 Å². The van der Waals surface area contributed by atoms with Gasteiger partial charge in [0, 0.05) is 29.3 Å². The zero-order valence-corrected chi connectivity index (χ0v) is 19.3. The zero-order valence-electron chi connectivity index (χ0n) is 18.5. The number of nitrogens with two attached hydrogens (primary N) is 1. The first-order chi connectivity index (χ1) is 15.4. The number of quaternary nitrogens is 1. The molecule has 1 aromatic heterocycles. The Kier molecular flexibility index (Phi) is 6.39. The molecule has 1 aliphatic rings. The third-order valence-corrected chi connectivity index (χ3v) is 7.13. The lowest BCUT2D eigenvalue weighted by atomic mass is 9.94. The Morgan fingerprint density at radius 2 is 1.56 bits per heavy atom. The molecule has 0 radical (unpaired) electrons. The second-order valence-electron chi connectivity index (χ2n) is 8.54. The van der Waals surface area contributed by atoms with Gasteiger partial charge in [-0.05, 0) is 38.8 Å². The van der Waals surface area contributed by atoms with Gasteiger partial charge in [0.25, 0.3) is 5.91 Å². The second-order valence-corrected chi connectivity index (χ2v) is 9.38. The second kappa shape index (κ2) is 9.22. The standard InChI is InChI=1S/C25H28N4O2S/c1-17-8-12-19(13-9-17)22-16-32-25(27-22)29(24(26)31,21-6-4-3-5-7-21)28-23(30)20-14-10-18(2)11-15-20/h8-16,21H,3-7H2,1-2H3,(H2-,26,28,30,31)/p+1. The van der Waals surface area contributed by atoms with Gasteiger partial charge in [-0.1, -0.05) is 69.9 Å². The van der Waals surface area contributed by atoms with Crippen LogP contribution in [0.4, 0.5) is 9.93 Å². The summed E-state index contributed by atoms with van der Waals surface area (Å²) >= 11 is 1.36. The highest BCUT2D eigenvalue weighted by atomic mass is 32.1. The summed E-state index contributed by atoms with van der Waals surface area (Å²) < 4.78 is -0.441. The molecule has 0 saturated heterocycles. The Hall–Kier alpha value is -3.03. The first-order valence-electron chi connectivity index (χ1n) is 11.0.